The third-order valence-electron chi connectivity index (χ3n) is 2.33. The Hall–Kier alpha value is -1.93. The van der Waals surface area contributed by atoms with Crippen LogP contribution in [0.25, 0.3) is 0 Å². The second kappa shape index (κ2) is 4.98. The van der Waals surface area contributed by atoms with Crippen LogP contribution in [0, 0.1) is 0 Å². The lowest BCUT2D eigenvalue weighted by atomic mass is 10.3. The number of sulfonamides is 1. The van der Waals surface area contributed by atoms with E-state index in [4.69, 9.17) is 22.1 Å². The number of H-pyrrole nitrogens is 1. The average molecular weight is 303 g/mol. The molecule has 7 nitrogen and oxygen atoms in total. The number of nitrogens with zero attached hydrogens (tertiary/aromatic N) is 1. The molecule has 19 heavy (non-hydrogen) atoms. The van der Waals surface area contributed by atoms with E-state index in [1.165, 1.54) is 13.2 Å². The molecule has 2 rings (SSSR count). The fraction of sp³-hybridized carbons (Fsp3) is 0.100. The maximum atomic E-state index is 12.1. The highest BCUT2D eigenvalue weighted by molar-refractivity contribution is 7.92. The predicted molar refractivity (Wildman–Crippen MR) is 71.8 cm³/mol. The Morgan fingerprint density at radius 1 is 1.47 bits per heavy atom. The fourth-order valence-electron chi connectivity index (χ4n) is 1.46. The molecule has 0 atom stereocenters. The van der Waals surface area contributed by atoms with Gasteiger partial charge in [0.2, 0.25) is 0 Å². The summed E-state index contributed by atoms with van der Waals surface area (Å²) >= 11 is 5.83. The fourth-order valence-corrected chi connectivity index (χ4v) is 2.72. The molecule has 1 aromatic carbocycles. The number of hydrogen-bond acceptors (Lipinski definition) is 5. The van der Waals surface area contributed by atoms with Crippen LogP contribution >= 0.6 is 11.6 Å². The minimum absolute atomic E-state index is 0.0477. The lowest BCUT2D eigenvalue weighted by Gasteiger charge is -2.11. The van der Waals surface area contributed by atoms with Gasteiger partial charge >= 0.3 is 0 Å². The summed E-state index contributed by atoms with van der Waals surface area (Å²) in [6, 6.07) is 4.58. The highest BCUT2D eigenvalue weighted by Crippen LogP contribution is 2.30. The summed E-state index contributed by atoms with van der Waals surface area (Å²) in [5, 5.41) is 6.29. The van der Waals surface area contributed by atoms with Gasteiger partial charge in [-0.05, 0) is 18.2 Å². The number of hydrogen-bond donors (Lipinski definition) is 3. The van der Waals surface area contributed by atoms with Crippen molar-refractivity contribution < 1.29 is 13.2 Å². The maximum Gasteiger partial charge on any atom is 0.267 e. The summed E-state index contributed by atoms with van der Waals surface area (Å²) in [5.41, 5.74) is 5.70. The Morgan fingerprint density at radius 3 is 2.79 bits per heavy atom. The van der Waals surface area contributed by atoms with Crippen molar-refractivity contribution in [1.29, 1.82) is 0 Å². The average Bonchev–Trinajstić information content (AvgIpc) is 2.76. The molecule has 0 spiro atoms. The first-order chi connectivity index (χ1) is 8.94. The number of nitrogen functional groups attached to an aromatic ring is 1. The number of rotatable bonds is 4. The Kier molecular flexibility index (Phi) is 3.54. The smallest absolute Gasteiger partial charge is 0.267 e. The Balaban J connectivity index is 2.41. The van der Waals surface area contributed by atoms with Gasteiger partial charge in [-0.2, -0.15) is 5.10 Å². The molecule has 0 aliphatic rings. The predicted octanol–water partition coefficient (Wildman–Crippen LogP) is 1.45. The Bertz CT molecular complexity index is 699. The summed E-state index contributed by atoms with van der Waals surface area (Å²) in [4.78, 5) is -0.144. The first kappa shape index (κ1) is 13.5. The molecule has 0 amide bonds. The van der Waals surface area contributed by atoms with E-state index in [0.29, 0.717) is 10.8 Å². The maximum absolute atomic E-state index is 12.1. The van der Waals surface area contributed by atoms with Gasteiger partial charge in [0.25, 0.3) is 10.0 Å². The third-order valence-corrected chi connectivity index (χ3v) is 3.96. The zero-order valence-electron chi connectivity index (χ0n) is 9.84. The second-order valence-electron chi connectivity index (χ2n) is 3.60. The normalized spacial score (nSPS) is 11.3. The number of nitrogens with one attached hydrogen (secondary N) is 2. The van der Waals surface area contributed by atoms with Gasteiger partial charge in [0, 0.05) is 5.02 Å². The van der Waals surface area contributed by atoms with Crippen molar-refractivity contribution in [3.8, 4) is 5.75 Å². The molecule has 102 valence electrons. The molecule has 0 radical (unpaired) electrons. The molecule has 0 saturated carbocycles. The van der Waals surface area contributed by atoms with Crippen molar-refractivity contribution in [2.75, 3.05) is 17.6 Å². The topological polar surface area (TPSA) is 110 Å². The van der Waals surface area contributed by atoms with Crippen LogP contribution in [0.5, 0.6) is 5.75 Å². The van der Waals surface area contributed by atoms with Crippen molar-refractivity contribution in [2.45, 2.75) is 4.90 Å². The molecule has 1 heterocycles. The lowest BCUT2D eigenvalue weighted by molar-refractivity contribution is 0.417. The van der Waals surface area contributed by atoms with Crippen LogP contribution in [0.2, 0.25) is 5.02 Å². The van der Waals surface area contributed by atoms with Crippen LogP contribution in [-0.4, -0.2) is 25.7 Å². The van der Waals surface area contributed by atoms with Gasteiger partial charge in [0.1, 0.15) is 16.5 Å². The molecule has 0 aliphatic carbocycles. The van der Waals surface area contributed by atoms with Crippen molar-refractivity contribution in [1.82, 2.24) is 10.2 Å². The Morgan fingerprint density at radius 2 is 2.21 bits per heavy atom. The lowest BCUT2D eigenvalue weighted by Crippen LogP contribution is -2.14. The van der Waals surface area contributed by atoms with Crippen molar-refractivity contribution in [3.05, 3.63) is 29.4 Å². The zero-order chi connectivity index (χ0) is 14.0. The van der Waals surface area contributed by atoms with E-state index < -0.39 is 10.0 Å². The zero-order valence-corrected chi connectivity index (χ0v) is 11.4. The molecular weight excluding hydrogens is 292 g/mol. The van der Waals surface area contributed by atoms with E-state index >= 15 is 0 Å². The van der Waals surface area contributed by atoms with Gasteiger partial charge in [-0.1, -0.05) is 11.6 Å². The summed E-state index contributed by atoms with van der Waals surface area (Å²) in [7, 11) is -2.43. The number of benzene rings is 1. The highest BCUT2D eigenvalue weighted by Gasteiger charge is 2.21. The number of nitrogens with two attached hydrogens (primary N) is 1. The molecule has 2 aromatic rings. The molecule has 4 N–H and O–H groups in total. The first-order valence-electron chi connectivity index (χ1n) is 5.09. The van der Waals surface area contributed by atoms with E-state index in [1.54, 1.807) is 12.1 Å². The summed E-state index contributed by atoms with van der Waals surface area (Å²) in [6.07, 6.45) is 1.12. The molecule has 1 aromatic heterocycles. The van der Waals surface area contributed by atoms with E-state index in [-0.39, 0.29) is 16.4 Å². The minimum atomic E-state index is -3.86. The molecule has 0 unspecified atom stereocenters. The van der Waals surface area contributed by atoms with Crippen molar-refractivity contribution in [2.24, 2.45) is 0 Å². The van der Waals surface area contributed by atoms with Crippen LogP contribution < -0.4 is 15.2 Å². The van der Waals surface area contributed by atoms with Gasteiger partial charge in [-0.3, -0.25) is 9.82 Å². The number of aromatic nitrogens is 2. The highest BCUT2D eigenvalue weighted by atomic mass is 35.5. The molecule has 0 fully saturated rings. The largest absolute Gasteiger partial charge is 0.495 e. The minimum Gasteiger partial charge on any atom is -0.495 e. The first-order valence-corrected chi connectivity index (χ1v) is 6.95. The third kappa shape index (κ3) is 2.74. The van der Waals surface area contributed by atoms with Crippen molar-refractivity contribution >= 4 is 33.1 Å². The summed E-state index contributed by atoms with van der Waals surface area (Å²) < 4.78 is 31.6. The van der Waals surface area contributed by atoms with Gasteiger partial charge in [-0.15, -0.1) is 0 Å². The standard InChI is InChI=1S/C10H11ClN4O3S/c1-18-8-3-2-6(11)4-7(8)15-19(16,17)9-5-13-14-10(9)12/h2-5,15H,1H3,(H3,12,13,14). The van der Waals surface area contributed by atoms with Crippen LogP contribution in [0.1, 0.15) is 0 Å². The number of ether oxygens (including phenoxy) is 1. The summed E-state index contributed by atoms with van der Waals surface area (Å²) in [6.45, 7) is 0. The monoisotopic (exact) mass is 302 g/mol. The van der Waals surface area contributed by atoms with E-state index in [9.17, 15) is 8.42 Å². The van der Waals surface area contributed by atoms with E-state index in [0.717, 1.165) is 6.20 Å². The van der Waals surface area contributed by atoms with Crippen LogP contribution in [0.3, 0.4) is 0 Å². The number of anilines is 2. The molecule has 9 heteroatoms. The van der Waals surface area contributed by atoms with Gasteiger partial charge in [0.05, 0.1) is 19.0 Å². The molecular formula is C10H11ClN4O3S. The van der Waals surface area contributed by atoms with E-state index in [2.05, 4.69) is 14.9 Å². The Labute approximate surface area is 114 Å². The SMILES string of the molecule is COc1ccc(Cl)cc1NS(=O)(=O)c1cn[nH]c1N. The quantitative estimate of drug-likeness (QED) is 0.792. The van der Waals surface area contributed by atoms with Gasteiger partial charge in [-0.25, -0.2) is 8.42 Å². The van der Waals surface area contributed by atoms with Crippen molar-refractivity contribution in [3.63, 3.8) is 0 Å². The van der Waals surface area contributed by atoms with Gasteiger partial charge in [0.15, 0.2) is 0 Å². The van der Waals surface area contributed by atoms with Crippen LogP contribution in [0.15, 0.2) is 29.3 Å². The van der Waals surface area contributed by atoms with Crippen LogP contribution in [0.4, 0.5) is 11.5 Å². The molecule has 0 saturated heterocycles. The molecule has 0 bridgehead atoms. The number of methoxy groups -OCH3 is 1. The molecule has 0 aliphatic heterocycles. The number of halogens is 1. The second-order valence-corrected chi connectivity index (χ2v) is 5.69. The van der Waals surface area contributed by atoms with E-state index in [1.807, 2.05) is 0 Å². The number of aromatic amines is 1. The van der Waals surface area contributed by atoms with Crippen LogP contribution in [-0.2, 0) is 10.0 Å². The van der Waals surface area contributed by atoms with Gasteiger partial charge < -0.3 is 10.5 Å². The summed E-state index contributed by atoms with van der Waals surface area (Å²) in [5.74, 6) is 0.295.